The number of nitrogens with one attached hydrogen (secondary N) is 2. The topological polar surface area (TPSA) is 134 Å². The number of hydrogen-bond donors (Lipinski definition) is 4. The van der Waals surface area contributed by atoms with E-state index in [1.54, 1.807) is 25.4 Å². The normalized spacial score (nSPS) is 10.3. The lowest BCUT2D eigenvalue weighted by Crippen LogP contribution is -2.37. The minimum absolute atomic E-state index is 0. The molecule has 1 heterocycles. The Kier molecular flexibility index (Phi) is 8.83. The number of methoxy groups -OCH3 is 1. The number of benzene rings is 1. The Labute approximate surface area is 157 Å². The molecule has 1 aromatic heterocycles. The average Bonchev–Trinajstić information content (AvgIpc) is 3.00. The molecule has 26 heavy (non-hydrogen) atoms. The van der Waals surface area contributed by atoms with Crippen LogP contribution >= 0.6 is 11.3 Å². The van der Waals surface area contributed by atoms with Crippen molar-refractivity contribution in [2.75, 3.05) is 18.2 Å². The summed E-state index contributed by atoms with van der Waals surface area (Å²) in [6.45, 7) is 4.44. The van der Waals surface area contributed by atoms with Gasteiger partial charge in [0.25, 0.3) is 0 Å². The number of rotatable bonds is 8. The van der Waals surface area contributed by atoms with Gasteiger partial charge in [-0.1, -0.05) is 25.2 Å². The van der Waals surface area contributed by atoms with Crippen LogP contribution in [-0.4, -0.2) is 24.2 Å². The molecule has 2 amide bonds. The summed E-state index contributed by atoms with van der Waals surface area (Å²) in [7, 11) is 1.61. The zero-order valence-electron chi connectivity index (χ0n) is 15.4. The van der Waals surface area contributed by atoms with Crippen molar-refractivity contribution in [1.82, 2.24) is 16.5 Å². The highest BCUT2D eigenvalue weighted by Gasteiger charge is 2.12. The first kappa shape index (κ1) is 21.7. The van der Waals surface area contributed by atoms with Gasteiger partial charge in [0.05, 0.1) is 12.8 Å². The fourth-order valence-corrected chi connectivity index (χ4v) is 2.85. The lowest BCUT2D eigenvalue weighted by Gasteiger charge is -2.16. The molecule has 0 unspecified atom stereocenters. The second kappa shape index (κ2) is 10.6. The average molecular weight is 382 g/mol. The maximum atomic E-state index is 12.1. The number of nitrogen functional groups attached to an aromatic ring is 1. The van der Waals surface area contributed by atoms with Crippen LogP contribution in [-0.2, 0) is 11.3 Å². The molecule has 144 valence electrons. The number of urea groups is 1. The molecule has 0 radical (unpaired) electrons. The van der Waals surface area contributed by atoms with Crippen molar-refractivity contribution < 1.29 is 14.3 Å². The van der Waals surface area contributed by atoms with Crippen LogP contribution in [0.1, 0.15) is 32.3 Å². The molecule has 0 saturated carbocycles. The van der Waals surface area contributed by atoms with Crippen molar-refractivity contribution in [2.45, 2.75) is 39.3 Å². The molecular weight excluding hydrogens is 354 g/mol. The molecule has 0 aliphatic carbocycles. The van der Waals surface area contributed by atoms with E-state index in [2.05, 4.69) is 15.6 Å². The summed E-state index contributed by atoms with van der Waals surface area (Å²) in [6.07, 6.45) is 3.36. The van der Waals surface area contributed by atoms with Crippen molar-refractivity contribution in [3.05, 3.63) is 30.0 Å². The maximum Gasteiger partial charge on any atom is 0.319 e. The van der Waals surface area contributed by atoms with Crippen molar-refractivity contribution in [3.8, 4) is 10.8 Å². The Hall–Kier alpha value is -2.36. The molecule has 0 spiro atoms. The van der Waals surface area contributed by atoms with E-state index in [1.165, 1.54) is 11.3 Å². The zero-order valence-corrected chi connectivity index (χ0v) is 16.2. The largest absolute Gasteiger partial charge is 0.445 e. The molecule has 0 fully saturated rings. The predicted octanol–water partition coefficient (Wildman–Crippen LogP) is 4.14. The van der Waals surface area contributed by atoms with E-state index in [0.29, 0.717) is 28.2 Å². The monoisotopic (exact) mass is 381 g/mol. The fraction of sp³-hybridized carbons (Fsp3) is 0.412. The Morgan fingerprint density at radius 2 is 2.08 bits per heavy atom. The maximum absolute atomic E-state index is 12.1. The van der Waals surface area contributed by atoms with E-state index in [-0.39, 0.29) is 18.2 Å². The molecule has 2 aromatic rings. The summed E-state index contributed by atoms with van der Waals surface area (Å²) in [6, 6.07) is 5.34. The third kappa shape index (κ3) is 6.17. The van der Waals surface area contributed by atoms with E-state index in [1.807, 2.05) is 19.9 Å². The highest BCUT2D eigenvalue weighted by atomic mass is 32.1. The van der Waals surface area contributed by atoms with E-state index in [4.69, 9.17) is 15.2 Å². The number of hydrogen-bond acceptors (Lipinski definition) is 7. The quantitative estimate of drug-likeness (QED) is 0.543. The summed E-state index contributed by atoms with van der Waals surface area (Å²) in [5, 5.41) is 6.83. The Morgan fingerprint density at radius 1 is 1.35 bits per heavy atom. The first-order valence-corrected chi connectivity index (χ1v) is 8.95. The van der Waals surface area contributed by atoms with Crippen molar-refractivity contribution in [2.24, 2.45) is 0 Å². The van der Waals surface area contributed by atoms with Gasteiger partial charge in [-0.15, -0.1) is 0 Å². The molecule has 0 aliphatic rings. The summed E-state index contributed by atoms with van der Waals surface area (Å²) >= 11 is 1.26. The highest BCUT2D eigenvalue weighted by molar-refractivity contribution is 7.17. The number of anilines is 2. The number of amides is 2. The van der Waals surface area contributed by atoms with E-state index in [9.17, 15) is 4.79 Å². The molecule has 0 bridgehead atoms. The summed E-state index contributed by atoms with van der Waals surface area (Å²) < 4.78 is 11.0. The highest BCUT2D eigenvalue weighted by Crippen LogP contribution is 2.32. The second-order valence-electron chi connectivity index (χ2n) is 5.49. The van der Waals surface area contributed by atoms with Crippen LogP contribution in [0.4, 0.5) is 15.6 Å². The van der Waals surface area contributed by atoms with E-state index < -0.39 is 0 Å². The van der Waals surface area contributed by atoms with Gasteiger partial charge in [-0.25, -0.2) is 9.78 Å². The summed E-state index contributed by atoms with van der Waals surface area (Å²) in [4.78, 5) is 16.0. The van der Waals surface area contributed by atoms with Crippen molar-refractivity contribution in [1.29, 1.82) is 0 Å². The smallest absolute Gasteiger partial charge is 0.319 e. The van der Waals surface area contributed by atoms with Crippen LogP contribution < -0.4 is 27.3 Å². The molecule has 7 N–H and O–H groups in total. The molecule has 9 heteroatoms. The molecule has 1 aromatic carbocycles. The molecule has 0 saturated heterocycles. The zero-order chi connectivity index (χ0) is 18.2. The van der Waals surface area contributed by atoms with E-state index in [0.717, 1.165) is 18.4 Å². The fourth-order valence-electron chi connectivity index (χ4n) is 2.30. The predicted molar refractivity (Wildman–Crippen MR) is 105 cm³/mol. The minimum atomic E-state index is -0.221. The number of nitrogens with zero attached hydrogens (tertiary/aromatic N) is 1. The SMILES string of the molecule is CCC(CC)NC(=O)Nc1ccc(Oc2cnc(N)s2)c(COC)c1.N. The number of thiazole rings is 1. The third-order valence-electron chi connectivity index (χ3n) is 3.65. The Bertz CT molecular complexity index is 703. The number of aromatic nitrogens is 1. The standard InChI is InChI=1S/C17H24N4O3S.H3N/c1-4-12(5-2)20-17(22)21-13-6-7-14(11(8-13)10-23-3)24-15-9-19-16(18)25-15;/h6-9,12H,4-5,10H2,1-3H3,(H2,18,19)(H2,20,21,22);1H3. The van der Waals surface area contributed by atoms with Gasteiger partial charge in [-0.05, 0) is 31.0 Å². The molecule has 8 nitrogen and oxygen atoms in total. The Balaban J connectivity index is 0.00000338. The number of nitrogens with two attached hydrogens (primary N) is 1. The van der Waals surface area contributed by atoms with Gasteiger partial charge in [-0.2, -0.15) is 0 Å². The summed E-state index contributed by atoms with van der Waals surface area (Å²) in [5.41, 5.74) is 7.11. The van der Waals surface area contributed by atoms with Gasteiger partial charge in [0, 0.05) is 24.4 Å². The first-order chi connectivity index (χ1) is 12.0. The van der Waals surface area contributed by atoms with Crippen LogP contribution in [0.3, 0.4) is 0 Å². The van der Waals surface area contributed by atoms with Gasteiger partial charge in [0.2, 0.25) is 5.06 Å². The van der Waals surface area contributed by atoms with Gasteiger partial charge in [-0.3, -0.25) is 0 Å². The number of ether oxygens (including phenoxy) is 2. The molecular formula is C17H27N5O3S. The van der Waals surface area contributed by atoms with Crippen molar-refractivity contribution >= 4 is 28.2 Å². The molecule has 2 rings (SSSR count). The minimum Gasteiger partial charge on any atom is -0.445 e. The lowest BCUT2D eigenvalue weighted by atomic mass is 10.1. The van der Waals surface area contributed by atoms with Crippen LogP contribution in [0, 0.1) is 0 Å². The van der Waals surface area contributed by atoms with Gasteiger partial charge in [0.15, 0.2) is 5.13 Å². The molecule has 0 aliphatic heterocycles. The number of carbonyl (C=O) groups is 1. The first-order valence-electron chi connectivity index (χ1n) is 8.14. The van der Waals surface area contributed by atoms with Crippen LogP contribution in [0.25, 0.3) is 0 Å². The second-order valence-corrected chi connectivity index (χ2v) is 6.51. The number of carbonyl (C=O) groups excluding carboxylic acids is 1. The van der Waals surface area contributed by atoms with Crippen LogP contribution in [0.15, 0.2) is 24.4 Å². The van der Waals surface area contributed by atoms with Gasteiger partial charge >= 0.3 is 6.03 Å². The van der Waals surface area contributed by atoms with Gasteiger partial charge in [0.1, 0.15) is 5.75 Å². The van der Waals surface area contributed by atoms with Crippen molar-refractivity contribution in [3.63, 3.8) is 0 Å². The van der Waals surface area contributed by atoms with Gasteiger partial charge < -0.3 is 32.0 Å². The third-order valence-corrected chi connectivity index (χ3v) is 4.36. The lowest BCUT2D eigenvalue weighted by molar-refractivity contribution is 0.182. The summed E-state index contributed by atoms with van der Waals surface area (Å²) in [5.74, 6) is 0.636. The van der Waals surface area contributed by atoms with Crippen LogP contribution in [0.5, 0.6) is 10.8 Å². The Morgan fingerprint density at radius 3 is 2.65 bits per heavy atom. The molecule has 0 atom stereocenters. The van der Waals surface area contributed by atoms with Crippen LogP contribution in [0.2, 0.25) is 0 Å². The van der Waals surface area contributed by atoms with E-state index >= 15 is 0 Å².